The number of hydrazine groups is 1. The van der Waals surface area contributed by atoms with Crippen LogP contribution in [0, 0.1) is 0 Å². The highest BCUT2D eigenvalue weighted by Gasteiger charge is 2.08. The van der Waals surface area contributed by atoms with E-state index in [-0.39, 0.29) is 25.2 Å². The number of hydrogen-bond donors (Lipinski definition) is 2. The van der Waals surface area contributed by atoms with Gasteiger partial charge in [-0.25, -0.2) is 0 Å². The van der Waals surface area contributed by atoms with E-state index in [2.05, 4.69) is 10.9 Å². The van der Waals surface area contributed by atoms with Crippen molar-refractivity contribution in [1.29, 1.82) is 0 Å². The Morgan fingerprint density at radius 3 is 2.32 bits per heavy atom. The lowest BCUT2D eigenvalue weighted by atomic mass is 10.0. The summed E-state index contributed by atoms with van der Waals surface area (Å²) in [6.45, 7) is 0. The Labute approximate surface area is 127 Å². The molecule has 0 heterocycles. The number of amides is 2. The van der Waals surface area contributed by atoms with E-state index in [0.717, 1.165) is 16.3 Å². The lowest BCUT2D eigenvalue weighted by Crippen LogP contribution is -2.42. The normalized spacial score (nSPS) is 10.2. The molecule has 0 spiro atoms. The number of rotatable bonds is 5. The van der Waals surface area contributed by atoms with Crippen LogP contribution >= 0.6 is 0 Å². The lowest BCUT2D eigenvalue weighted by molar-refractivity contribution is -0.305. The average Bonchev–Trinajstić information content (AvgIpc) is 2.51. The van der Waals surface area contributed by atoms with E-state index in [1.54, 1.807) is 0 Å². The van der Waals surface area contributed by atoms with Crippen LogP contribution in [0.5, 0.6) is 0 Å². The fraction of sp³-hybridized carbons (Fsp3) is 0.188. The number of aliphatic carboxylic acids is 1. The van der Waals surface area contributed by atoms with Crippen molar-refractivity contribution in [1.82, 2.24) is 10.9 Å². The largest absolute Gasteiger partial charge is 0.550 e. The minimum atomic E-state index is -1.31. The smallest absolute Gasteiger partial charge is 0.242 e. The first-order valence-corrected chi connectivity index (χ1v) is 6.80. The number of carbonyl (C=O) groups excluding carboxylic acids is 3. The molecule has 2 aromatic carbocycles. The summed E-state index contributed by atoms with van der Waals surface area (Å²) in [7, 11) is 0. The Balaban J connectivity index is 1.91. The molecule has 2 amide bonds. The molecule has 0 aliphatic carbocycles. The molecule has 0 aliphatic rings. The third-order valence-electron chi connectivity index (χ3n) is 3.13. The zero-order chi connectivity index (χ0) is 15.9. The van der Waals surface area contributed by atoms with Gasteiger partial charge in [0.25, 0.3) is 0 Å². The van der Waals surface area contributed by atoms with Gasteiger partial charge in [0.15, 0.2) is 0 Å². The molecular weight excluding hydrogens is 284 g/mol. The van der Waals surface area contributed by atoms with Crippen LogP contribution in [0.2, 0.25) is 0 Å². The third-order valence-corrected chi connectivity index (χ3v) is 3.13. The van der Waals surface area contributed by atoms with Crippen LogP contribution in [0.4, 0.5) is 0 Å². The van der Waals surface area contributed by atoms with Crippen molar-refractivity contribution in [2.45, 2.75) is 19.3 Å². The van der Waals surface area contributed by atoms with Crippen LogP contribution < -0.4 is 16.0 Å². The van der Waals surface area contributed by atoms with Gasteiger partial charge in [-0.05, 0) is 22.8 Å². The van der Waals surface area contributed by atoms with Gasteiger partial charge in [0, 0.05) is 12.4 Å². The number of benzene rings is 2. The molecule has 0 unspecified atom stereocenters. The van der Waals surface area contributed by atoms with Crippen molar-refractivity contribution in [3.8, 4) is 0 Å². The molecule has 0 aromatic heterocycles. The lowest BCUT2D eigenvalue weighted by Gasteiger charge is -2.09. The summed E-state index contributed by atoms with van der Waals surface area (Å²) >= 11 is 0. The van der Waals surface area contributed by atoms with Gasteiger partial charge in [-0.15, -0.1) is 0 Å². The summed E-state index contributed by atoms with van der Waals surface area (Å²) in [6.07, 6.45) is -0.510. The second-order valence-corrected chi connectivity index (χ2v) is 4.78. The van der Waals surface area contributed by atoms with E-state index in [9.17, 15) is 19.5 Å². The van der Waals surface area contributed by atoms with Gasteiger partial charge < -0.3 is 9.90 Å². The molecule has 6 heteroatoms. The molecule has 0 saturated heterocycles. The fourth-order valence-corrected chi connectivity index (χ4v) is 2.08. The standard InChI is InChI=1S/C16H16N2O4/c19-14(8-9-16(21)22)17-18-15(20)10-12-6-3-5-11-4-1-2-7-13(11)12/h1-7H,8-10H2,(H,17,19)(H,18,20)(H,21,22)/p-1. The van der Waals surface area contributed by atoms with E-state index >= 15 is 0 Å². The zero-order valence-corrected chi connectivity index (χ0v) is 11.8. The quantitative estimate of drug-likeness (QED) is 0.763. The van der Waals surface area contributed by atoms with Gasteiger partial charge in [-0.3, -0.25) is 20.4 Å². The molecule has 22 heavy (non-hydrogen) atoms. The Hall–Kier alpha value is -2.89. The molecule has 0 saturated carbocycles. The van der Waals surface area contributed by atoms with Crippen molar-refractivity contribution < 1.29 is 19.5 Å². The minimum Gasteiger partial charge on any atom is -0.550 e. The predicted molar refractivity (Wildman–Crippen MR) is 78.2 cm³/mol. The van der Waals surface area contributed by atoms with E-state index in [1.807, 2.05) is 42.5 Å². The topological polar surface area (TPSA) is 98.3 Å². The van der Waals surface area contributed by atoms with Crippen LogP contribution in [0.1, 0.15) is 18.4 Å². The van der Waals surface area contributed by atoms with Gasteiger partial charge in [0.1, 0.15) is 0 Å². The average molecular weight is 299 g/mol. The maximum absolute atomic E-state index is 11.8. The van der Waals surface area contributed by atoms with Crippen LogP contribution in [0.25, 0.3) is 10.8 Å². The number of fused-ring (bicyclic) bond motifs is 1. The molecular formula is C16H15N2O4-. The summed E-state index contributed by atoms with van der Waals surface area (Å²) in [6, 6.07) is 13.4. The SMILES string of the molecule is O=C([O-])CCC(=O)NNC(=O)Cc1cccc2ccccc12. The first-order chi connectivity index (χ1) is 10.6. The molecule has 2 aromatic rings. The highest BCUT2D eigenvalue weighted by molar-refractivity contribution is 5.91. The Morgan fingerprint density at radius 1 is 0.864 bits per heavy atom. The fourth-order valence-electron chi connectivity index (χ4n) is 2.08. The van der Waals surface area contributed by atoms with E-state index in [4.69, 9.17) is 0 Å². The van der Waals surface area contributed by atoms with Gasteiger partial charge in [-0.2, -0.15) is 0 Å². The van der Waals surface area contributed by atoms with Gasteiger partial charge in [-0.1, -0.05) is 42.5 Å². The van der Waals surface area contributed by atoms with Crippen molar-refractivity contribution >= 4 is 28.6 Å². The Kier molecular flexibility index (Phi) is 5.08. The molecule has 0 aliphatic heterocycles. The highest BCUT2D eigenvalue weighted by Crippen LogP contribution is 2.18. The Bertz CT molecular complexity index is 707. The monoisotopic (exact) mass is 299 g/mol. The maximum Gasteiger partial charge on any atom is 0.242 e. The summed E-state index contributed by atoms with van der Waals surface area (Å²) in [5.74, 6) is -2.26. The molecule has 114 valence electrons. The van der Waals surface area contributed by atoms with Gasteiger partial charge in [0.2, 0.25) is 11.8 Å². The summed E-state index contributed by atoms with van der Waals surface area (Å²) < 4.78 is 0. The number of carboxylic acid groups (broad SMARTS) is 1. The minimum absolute atomic E-state index is 0.113. The van der Waals surface area contributed by atoms with Crippen LogP contribution in [0.3, 0.4) is 0 Å². The molecule has 2 rings (SSSR count). The second-order valence-electron chi connectivity index (χ2n) is 4.78. The Morgan fingerprint density at radius 2 is 1.55 bits per heavy atom. The molecule has 0 fully saturated rings. The van der Waals surface area contributed by atoms with Crippen molar-refractivity contribution in [3.05, 3.63) is 48.0 Å². The number of carbonyl (C=O) groups is 3. The van der Waals surface area contributed by atoms with Gasteiger partial charge in [0.05, 0.1) is 6.42 Å². The van der Waals surface area contributed by atoms with E-state index < -0.39 is 11.9 Å². The van der Waals surface area contributed by atoms with Crippen LogP contribution in [0.15, 0.2) is 42.5 Å². The summed E-state index contributed by atoms with van der Waals surface area (Å²) in [5, 5.41) is 12.2. The van der Waals surface area contributed by atoms with Crippen LogP contribution in [-0.2, 0) is 20.8 Å². The molecule has 0 atom stereocenters. The van der Waals surface area contributed by atoms with Crippen molar-refractivity contribution in [2.24, 2.45) is 0 Å². The molecule has 6 nitrogen and oxygen atoms in total. The second kappa shape index (κ2) is 7.21. The summed E-state index contributed by atoms with van der Waals surface area (Å²) in [5.41, 5.74) is 5.29. The van der Waals surface area contributed by atoms with Crippen LogP contribution in [-0.4, -0.2) is 17.8 Å². The van der Waals surface area contributed by atoms with Crippen molar-refractivity contribution in [3.63, 3.8) is 0 Å². The predicted octanol–water partition coefficient (Wildman–Crippen LogP) is 0.0598. The molecule has 0 radical (unpaired) electrons. The molecule has 0 bridgehead atoms. The van der Waals surface area contributed by atoms with Crippen molar-refractivity contribution in [2.75, 3.05) is 0 Å². The van der Waals surface area contributed by atoms with E-state index in [0.29, 0.717) is 0 Å². The van der Waals surface area contributed by atoms with E-state index in [1.165, 1.54) is 0 Å². The maximum atomic E-state index is 11.8. The third kappa shape index (κ3) is 4.31. The first kappa shape index (κ1) is 15.5. The molecule has 2 N–H and O–H groups in total. The number of hydrogen-bond acceptors (Lipinski definition) is 4. The summed E-state index contributed by atoms with van der Waals surface area (Å²) in [4.78, 5) is 33.4. The number of carboxylic acids is 1. The van der Waals surface area contributed by atoms with Gasteiger partial charge >= 0.3 is 0 Å². The zero-order valence-electron chi connectivity index (χ0n) is 11.8. The first-order valence-electron chi connectivity index (χ1n) is 6.80. The highest BCUT2D eigenvalue weighted by atomic mass is 16.4. The number of nitrogens with one attached hydrogen (secondary N) is 2.